The second-order valence-electron chi connectivity index (χ2n) is 6.45. The van der Waals surface area contributed by atoms with Crippen LogP contribution in [-0.2, 0) is 17.4 Å². The van der Waals surface area contributed by atoms with Gasteiger partial charge < -0.3 is 5.32 Å². The number of amides is 1. The van der Waals surface area contributed by atoms with Gasteiger partial charge >= 0.3 is 6.18 Å². The van der Waals surface area contributed by atoms with Crippen LogP contribution in [0.15, 0.2) is 47.6 Å². The summed E-state index contributed by atoms with van der Waals surface area (Å²) >= 11 is 6.70. The number of hydrogen-bond acceptors (Lipinski definition) is 4. The number of rotatable bonds is 6. The lowest BCUT2D eigenvalue weighted by Gasteiger charge is -2.16. The highest BCUT2D eigenvalue weighted by Gasteiger charge is 2.34. The standard InChI is InChI=1S/C20H18ClF3N4OS/c1-3-12-4-6-13(7-5-12)17-26-19(28-27-17)30-11(2)18(29)25-16-9-8-14(21)10-15(16)20(22,23)24/h4-11H,3H2,1-2H3,(H,25,29)(H,26,27,28). The highest BCUT2D eigenvalue weighted by Crippen LogP contribution is 2.37. The maximum absolute atomic E-state index is 13.2. The third-order valence-corrected chi connectivity index (χ3v) is 5.49. The second kappa shape index (κ2) is 9.09. The lowest BCUT2D eigenvalue weighted by molar-refractivity contribution is -0.137. The summed E-state index contributed by atoms with van der Waals surface area (Å²) in [5.74, 6) is -0.0590. The molecule has 0 spiro atoms. The van der Waals surface area contributed by atoms with E-state index in [0.29, 0.717) is 11.0 Å². The molecule has 2 aromatic carbocycles. The SMILES string of the molecule is CCc1ccc(-c2nc(SC(C)C(=O)Nc3ccc(Cl)cc3C(F)(F)F)n[nH]2)cc1. The van der Waals surface area contributed by atoms with Crippen LogP contribution in [0.5, 0.6) is 0 Å². The number of carbonyl (C=O) groups excluding carboxylic acids is 1. The minimum absolute atomic E-state index is 0.0667. The van der Waals surface area contributed by atoms with Gasteiger partial charge in [0, 0.05) is 10.6 Å². The summed E-state index contributed by atoms with van der Waals surface area (Å²) in [4.78, 5) is 16.8. The minimum Gasteiger partial charge on any atom is -0.325 e. The van der Waals surface area contributed by atoms with Crippen molar-refractivity contribution in [2.45, 2.75) is 36.9 Å². The van der Waals surface area contributed by atoms with E-state index in [-0.39, 0.29) is 10.7 Å². The number of H-pyrrole nitrogens is 1. The number of nitrogens with zero attached hydrogens (tertiary/aromatic N) is 2. The van der Waals surface area contributed by atoms with Crippen molar-refractivity contribution in [1.82, 2.24) is 15.2 Å². The summed E-state index contributed by atoms with van der Waals surface area (Å²) in [7, 11) is 0. The fourth-order valence-corrected chi connectivity index (χ4v) is 3.53. The zero-order valence-electron chi connectivity index (χ0n) is 16.0. The number of hydrogen-bond donors (Lipinski definition) is 2. The van der Waals surface area contributed by atoms with Crippen molar-refractivity contribution in [2.75, 3.05) is 5.32 Å². The molecule has 3 rings (SSSR count). The van der Waals surface area contributed by atoms with Gasteiger partial charge in [-0.05, 0) is 37.1 Å². The molecule has 10 heteroatoms. The van der Waals surface area contributed by atoms with Gasteiger partial charge in [0.1, 0.15) is 0 Å². The number of carbonyl (C=O) groups is 1. The summed E-state index contributed by atoms with van der Waals surface area (Å²) in [6.07, 6.45) is -3.72. The molecule has 2 N–H and O–H groups in total. The molecule has 1 atom stereocenters. The average molecular weight is 455 g/mol. The predicted molar refractivity (Wildman–Crippen MR) is 112 cm³/mol. The lowest BCUT2D eigenvalue weighted by atomic mass is 10.1. The van der Waals surface area contributed by atoms with Crippen LogP contribution >= 0.6 is 23.4 Å². The van der Waals surface area contributed by atoms with Crippen LogP contribution in [0.4, 0.5) is 18.9 Å². The van der Waals surface area contributed by atoms with Gasteiger partial charge in [-0.15, -0.1) is 5.10 Å². The summed E-state index contributed by atoms with van der Waals surface area (Å²) < 4.78 is 39.6. The fraction of sp³-hybridized carbons (Fsp3) is 0.250. The van der Waals surface area contributed by atoms with Crippen LogP contribution < -0.4 is 5.32 Å². The van der Waals surface area contributed by atoms with Crippen molar-refractivity contribution in [1.29, 1.82) is 0 Å². The minimum atomic E-state index is -4.64. The van der Waals surface area contributed by atoms with Gasteiger partial charge in [-0.1, -0.05) is 54.6 Å². The molecule has 0 bridgehead atoms. The Labute approximate surface area is 180 Å². The predicted octanol–water partition coefficient (Wildman–Crippen LogP) is 5.83. The van der Waals surface area contributed by atoms with Crippen LogP contribution in [0.2, 0.25) is 5.02 Å². The Balaban J connectivity index is 1.69. The first-order valence-electron chi connectivity index (χ1n) is 9.03. The molecule has 3 aromatic rings. The summed E-state index contributed by atoms with van der Waals surface area (Å²) in [5.41, 5.74) is 0.686. The zero-order valence-corrected chi connectivity index (χ0v) is 17.6. The molecule has 30 heavy (non-hydrogen) atoms. The number of aryl methyl sites for hydroxylation is 1. The van der Waals surface area contributed by atoms with Crippen LogP contribution in [0.1, 0.15) is 25.0 Å². The van der Waals surface area contributed by atoms with Crippen LogP contribution in [0.25, 0.3) is 11.4 Å². The molecule has 1 amide bonds. The molecule has 1 aromatic heterocycles. The van der Waals surface area contributed by atoms with E-state index < -0.39 is 22.9 Å². The molecule has 0 saturated heterocycles. The first kappa shape index (κ1) is 22.2. The molecule has 5 nitrogen and oxygen atoms in total. The largest absolute Gasteiger partial charge is 0.418 e. The molecule has 0 fully saturated rings. The Kier molecular flexibility index (Phi) is 6.72. The van der Waals surface area contributed by atoms with Gasteiger partial charge in [0.2, 0.25) is 11.1 Å². The van der Waals surface area contributed by atoms with Crippen LogP contribution in [-0.4, -0.2) is 26.3 Å². The molecule has 0 aliphatic rings. The van der Waals surface area contributed by atoms with Crippen molar-refractivity contribution in [2.24, 2.45) is 0 Å². The van der Waals surface area contributed by atoms with Crippen molar-refractivity contribution in [3.63, 3.8) is 0 Å². The van der Waals surface area contributed by atoms with E-state index in [4.69, 9.17) is 11.6 Å². The molecule has 1 unspecified atom stereocenters. The highest BCUT2D eigenvalue weighted by atomic mass is 35.5. The molecular weight excluding hydrogens is 437 g/mol. The fourth-order valence-electron chi connectivity index (χ4n) is 2.63. The third-order valence-electron chi connectivity index (χ3n) is 4.30. The Bertz CT molecular complexity index is 1040. The van der Waals surface area contributed by atoms with E-state index in [9.17, 15) is 18.0 Å². The van der Waals surface area contributed by atoms with Gasteiger partial charge in [-0.2, -0.15) is 13.2 Å². The van der Waals surface area contributed by atoms with Gasteiger partial charge in [-0.3, -0.25) is 9.89 Å². The number of aromatic amines is 1. The number of benzene rings is 2. The molecule has 0 radical (unpaired) electrons. The number of halogens is 4. The molecule has 0 saturated carbocycles. The van der Waals surface area contributed by atoms with Gasteiger partial charge in [0.25, 0.3) is 0 Å². The summed E-state index contributed by atoms with van der Waals surface area (Å²) in [5, 5.41) is 8.73. The van der Waals surface area contributed by atoms with E-state index in [1.165, 1.54) is 11.6 Å². The third kappa shape index (κ3) is 5.34. The van der Waals surface area contributed by atoms with Crippen molar-refractivity contribution >= 4 is 35.0 Å². The summed E-state index contributed by atoms with van der Waals surface area (Å²) in [6, 6.07) is 11.0. The Morgan fingerprint density at radius 2 is 1.93 bits per heavy atom. The lowest BCUT2D eigenvalue weighted by Crippen LogP contribution is -2.24. The molecule has 1 heterocycles. The van der Waals surface area contributed by atoms with Gasteiger partial charge in [0.05, 0.1) is 16.5 Å². The number of aromatic nitrogens is 3. The van der Waals surface area contributed by atoms with E-state index in [2.05, 4.69) is 27.4 Å². The first-order valence-corrected chi connectivity index (χ1v) is 10.3. The Morgan fingerprint density at radius 3 is 2.57 bits per heavy atom. The van der Waals surface area contributed by atoms with Crippen molar-refractivity contribution < 1.29 is 18.0 Å². The topological polar surface area (TPSA) is 70.7 Å². The maximum Gasteiger partial charge on any atom is 0.418 e. The molecule has 158 valence electrons. The van der Waals surface area contributed by atoms with E-state index in [0.717, 1.165) is 35.9 Å². The zero-order chi connectivity index (χ0) is 21.9. The Morgan fingerprint density at radius 1 is 1.23 bits per heavy atom. The smallest absolute Gasteiger partial charge is 0.325 e. The number of anilines is 1. The quantitative estimate of drug-likeness (QED) is 0.460. The van der Waals surface area contributed by atoms with E-state index in [1.54, 1.807) is 6.92 Å². The van der Waals surface area contributed by atoms with Gasteiger partial charge in [-0.25, -0.2) is 4.98 Å². The number of alkyl halides is 3. The monoisotopic (exact) mass is 454 g/mol. The average Bonchev–Trinajstić information content (AvgIpc) is 3.17. The van der Waals surface area contributed by atoms with Crippen molar-refractivity contribution in [3.05, 3.63) is 58.6 Å². The molecular formula is C20H18ClF3N4OS. The van der Waals surface area contributed by atoms with E-state index >= 15 is 0 Å². The normalized spacial score (nSPS) is 12.6. The highest BCUT2D eigenvalue weighted by molar-refractivity contribution is 8.00. The Hall–Kier alpha value is -2.52. The summed E-state index contributed by atoms with van der Waals surface area (Å²) in [6.45, 7) is 3.63. The molecule has 0 aliphatic heterocycles. The van der Waals surface area contributed by atoms with Crippen LogP contribution in [0, 0.1) is 0 Å². The number of nitrogens with one attached hydrogen (secondary N) is 2. The van der Waals surface area contributed by atoms with Gasteiger partial charge in [0.15, 0.2) is 5.82 Å². The van der Waals surface area contributed by atoms with E-state index in [1.807, 2.05) is 24.3 Å². The maximum atomic E-state index is 13.2. The second-order valence-corrected chi connectivity index (χ2v) is 8.20. The number of thioether (sulfide) groups is 1. The molecule has 0 aliphatic carbocycles. The van der Waals surface area contributed by atoms with Crippen LogP contribution in [0.3, 0.4) is 0 Å². The van der Waals surface area contributed by atoms with Crippen molar-refractivity contribution in [3.8, 4) is 11.4 Å². The first-order chi connectivity index (χ1) is 14.2.